The van der Waals surface area contributed by atoms with Gasteiger partial charge in [0.05, 0.1) is 11.4 Å². The highest BCUT2D eigenvalue weighted by Crippen LogP contribution is 2.48. The molecule has 5 N–H and O–H groups in total. The van der Waals surface area contributed by atoms with Gasteiger partial charge in [-0.1, -0.05) is 0 Å². The number of hydrogen-bond acceptors (Lipinski definition) is 4. The number of aliphatic hydroxyl groups is 1. The Balaban J connectivity index is 1.73. The molecule has 1 aliphatic carbocycles. The van der Waals surface area contributed by atoms with Crippen LogP contribution in [0.2, 0.25) is 0 Å². The van der Waals surface area contributed by atoms with Crippen LogP contribution < -0.4 is 16.4 Å². The van der Waals surface area contributed by atoms with E-state index < -0.39 is 0 Å². The van der Waals surface area contributed by atoms with Gasteiger partial charge in [-0.05, 0) is 48.8 Å². The maximum Gasteiger partial charge on any atom is 0.224 e. The number of rotatable bonds is 5. The second-order valence-electron chi connectivity index (χ2n) is 5.97. The highest BCUT2D eigenvalue weighted by Gasteiger charge is 2.41. The zero-order chi connectivity index (χ0) is 14.2. The quantitative estimate of drug-likeness (QED) is 0.616. The molecule has 0 aromatic heterocycles. The predicted molar refractivity (Wildman–Crippen MR) is 79.7 cm³/mol. The zero-order valence-electron chi connectivity index (χ0n) is 11.5. The van der Waals surface area contributed by atoms with E-state index in [0.717, 1.165) is 54.9 Å². The summed E-state index contributed by atoms with van der Waals surface area (Å²) < 4.78 is 0. The summed E-state index contributed by atoms with van der Waals surface area (Å²) in [6, 6.07) is 3.87. The van der Waals surface area contributed by atoms with Gasteiger partial charge in [0.2, 0.25) is 5.91 Å². The SMILES string of the molecule is Nc1cc2c(cc1NCC1(CCO)CC1)NC(=O)CC2. The molecule has 0 radical (unpaired) electrons. The van der Waals surface area contributed by atoms with Gasteiger partial charge in [0.15, 0.2) is 0 Å². The summed E-state index contributed by atoms with van der Waals surface area (Å²) in [4.78, 5) is 11.4. The van der Waals surface area contributed by atoms with Gasteiger partial charge in [0, 0.05) is 25.3 Å². The minimum atomic E-state index is 0.0622. The highest BCUT2D eigenvalue weighted by molar-refractivity contribution is 5.95. The Bertz CT molecular complexity index is 538. The molecule has 1 aromatic rings. The lowest BCUT2D eigenvalue weighted by Crippen LogP contribution is -2.21. The van der Waals surface area contributed by atoms with Crippen LogP contribution >= 0.6 is 0 Å². The van der Waals surface area contributed by atoms with Gasteiger partial charge >= 0.3 is 0 Å². The van der Waals surface area contributed by atoms with Gasteiger partial charge in [-0.15, -0.1) is 0 Å². The maximum atomic E-state index is 11.4. The van der Waals surface area contributed by atoms with Crippen LogP contribution in [0.4, 0.5) is 17.1 Å². The van der Waals surface area contributed by atoms with Crippen molar-refractivity contribution in [1.29, 1.82) is 0 Å². The van der Waals surface area contributed by atoms with Crippen LogP contribution in [0.25, 0.3) is 0 Å². The first-order valence-corrected chi connectivity index (χ1v) is 7.19. The fraction of sp³-hybridized carbons (Fsp3) is 0.533. The molecule has 1 fully saturated rings. The van der Waals surface area contributed by atoms with Crippen molar-refractivity contribution >= 4 is 23.0 Å². The number of aryl methyl sites for hydroxylation is 1. The number of nitrogens with two attached hydrogens (primary N) is 1. The van der Waals surface area contributed by atoms with Gasteiger partial charge in [-0.3, -0.25) is 4.79 Å². The Hall–Kier alpha value is -1.75. The van der Waals surface area contributed by atoms with Crippen molar-refractivity contribution in [3.8, 4) is 0 Å². The van der Waals surface area contributed by atoms with Gasteiger partial charge in [0.25, 0.3) is 0 Å². The molecule has 1 heterocycles. The minimum absolute atomic E-state index is 0.0622. The molecule has 1 amide bonds. The van der Waals surface area contributed by atoms with Gasteiger partial charge in [0.1, 0.15) is 0 Å². The summed E-state index contributed by atoms with van der Waals surface area (Å²) in [5.41, 5.74) is 9.87. The van der Waals surface area contributed by atoms with E-state index in [1.807, 2.05) is 12.1 Å². The fourth-order valence-corrected chi connectivity index (χ4v) is 2.81. The standard InChI is InChI=1S/C15H21N3O2/c16-11-7-10-1-2-14(20)18-12(10)8-13(11)17-9-15(3-4-15)5-6-19/h7-8,17,19H,1-6,9,16H2,(H,18,20). The summed E-state index contributed by atoms with van der Waals surface area (Å²) >= 11 is 0. The van der Waals surface area contributed by atoms with Gasteiger partial charge in [-0.25, -0.2) is 0 Å². The van der Waals surface area contributed by atoms with E-state index in [2.05, 4.69) is 10.6 Å². The number of carbonyl (C=O) groups excluding carboxylic acids is 1. The lowest BCUT2D eigenvalue weighted by molar-refractivity contribution is -0.116. The first-order chi connectivity index (χ1) is 9.62. The Kier molecular flexibility index (Phi) is 3.30. The van der Waals surface area contributed by atoms with Crippen LogP contribution in [0.3, 0.4) is 0 Å². The van der Waals surface area contributed by atoms with Gasteiger partial charge < -0.3 is 21.5 Å². The molecule has 1 aliphatic heterocycles. The van der Waals surface area contributed by atoms with Crippen LogP contribution in [0.1, 0.15) is 31.2 Å². The monoisotopic (exact) mass is 275 g/mol. The van der Waals surface area contributed by atoms with Crippen molar-refractivity contribution in [3.05, 3.63) is 17.7 Å². The van der Waals surface area contributed by atoms with E-state index >= 15 is 0 Å². The van der Waals surface area contributed by atoms with Gasteiger partial charge in [-0.2, -0.15) is 0 Å². The Labute approximate surface area is 118 Å². The fourth-order valence-electron chi connectivity index (χ4n) is 2.81. The average molecular weight is 275 g/mol. The highest BCUT2D eigenvalue weighted by atomic mass is 16.3. The number of anilines is 3. The van der Waals surface area contributed by atoms with E-state index in [1.54, 1.807) is 0 Å². The number of benzene rings is 1. The number of carbonyl (C=O) groups is 1. The van der Waals surface area contributed by atoms with Crippen LogP contribution in [-0.2, 0) is 11.2 Å². The molecule has 0 saturated heterocycles. The van der Waals surface area contributed by atoms with Crippen molar-refractivity contribution in [2.45, 2.75) is 32.1 Å². The third-order valence-electron chi connectivity index (χ3n) is 4.42. The normalized spacial score (nSPS) is 19.1. The van der Waals surface area contributed by atoms with E-state index in [4.69, 9.17) is 10.8 Å². The molecule has 20 heavy (non-hydrogen) atoms. The van der Waals surface area contributed by atoms with Crippen LogP contribution in [0, 0.1) is 5.41 Å². The number of aliphatic hydroxyl groups excluding tert-OH is 1. The van der Waals surface area contributed by atoms with E-state index in [9.17, 15) is 4.79 Å². The van der Waals surface area contributed by atoms with Crippen LogP contribution in [0.15, 0.2) is 12.1 Å². The second kappa shape index (κ2) is 4.98. The number of amides is 1. The molecule has 5 heteroatoms. The molecule has 3 rings (SSSR count). The summed E-state index contributed by atoms with van der Waals surface area (Å²) in [7, 11) is 0. The molecule has 1 saturated carbocycles. The van der Waals surface area contributed by atoms with Crippen LogP contribution in [0.5, 0.6) is 0 Å². The summed E-state index contributed by atoms with van der Waals surface area (Å²) in [5, 5.41) is 15.3. The molecule has 0 spiro atoms. The second-order valence-corrected chi connectivity index (χ2v) is 5.97. The largest absolute Gasteiger partial charge is 0.397 e. The smallest absolute Gasteiger partial charge is 0.224 e. The van der Waals surface area contributed by atoms with Crippen molar-refractivity contribution in [2.75, 3.05) is 29.5 Å². The Morgan fingerprint density at radius 2 is 2.15 bits per heavy atom. The molecule has 1 aromatic carbocycles. The molecule has 5 nitrogen and oxygen atoms in total. The molecule has 2 aliphatic rings. The Morgan fingerprint density at radius 1 is 1.35 bits per heavy atom. The first kappa shape index (κ1) is 13.2. The number of nitrogen functional groups attached to an aromatic ring is 1. The van der Waals surface area contributed by atoms with Crippen molar-refractivity contribution < 1.29 is 9.90 Å². The molecular weight excluding hydrogens is 254 g/mol. The lowest BCUT2D eigenvalue weighted by atomic mass is 10.00. The van der Waals surface area contributed by atoms with Crippen molar-refractivity contribution in [1.82, 2.24) is 0 Å². The maximum absolute atomic E-state index is 11.4. The summed E-state index contributed by atoms with van der Waals surface area (Å²) in [6.45, 7) is 1.06. The summed E-state index contributed by atoms with van der Waals surface area (Å²) in [6.07, 6.45) is 4.42. The number of nitrogens with one attached hydrogen (secondary N) is 2. The third kappa shape index (κ3) is 2.58. The predicted octanol–water partition coefficient (Wildman–Crippen LogP) is 1.73. The molecule has 0 atom stereocenters. The molecule has 108 valence electrons. The molecule has 0 bridgehead atoms. The summed E-state index contributed by atoms with van der Waals surface area (Å²) in [5.74, 6) is 0.0622. The average Bonchev–Trinajstić information content (AvgIpc) is 3.17. The molecular formula is C15H21N3O2. The van der Waals surface area contributed by atoms with E-state index in [1.165, 1.54) is 0 Å². The minimum Gasteiger partial charge on any atom is -0.397 e. The Morgan fingerprint density at radius 3 is 2.85 bits per heavy atom. The third-order valence-corrected chi connectivity index (χ3v) is 4.42. The number of hydrogen-bond donors (Lipinski definition) is 4. The van der Waals surface area contributed by atoms with Crippen molar-refractivity contribution in [3.63, 3.8) is 0 Å². The van der Waals surface area contributed by atoms with E-state index in [-0.39, 0.29) is 17.9 Å². The first-order valence-electron chi connectivity index (χ1n) is 7.19. The van der Waals surface area contributed by atoms with E-state index in [0.29, 0.717) is 6.42 Å². The number of fused-ring (bicyclic) bond motifs is 1. The molecule has 0 unspecified atom stereocenters. The van der Waals surface area contributed by atoms with Crippen molar-refractivity contribution in [2.24, 2.45) is 5.41 Å². The lowest BCUT2D eigenvalue weighted by Gasteiger charge is -2.21. The zero-order valence-corrected chi connectivity index (χ0v) is 11.5. The van der Waals surface area contributed by atoms with Crippen LogP contribution in [-0.4, -0.2) is 24.2 Å². The topological polar surface area (TPSA) is 87.4 Å².